The molecule has 0 fully saturated rings. The summed E-state index contributed by atoms with van der Waals surface area (Å²) in [6.07, 6.45) is -0.374. The third-order valence-corrected chi connectivity index (χ3v) is 2.75. The summed E-state index contributed by atoms with van der Waals surface area (Å²) in [7, 11) is 0. The van der Waals surface area contributed by atoms with Crippen LogP contribution in [0.4, 0.5) is 5.69 Å². The van der Waals surface area contributed by atoms with Crippen molar-refractivity contribution in [1.82, 2.24) is 0 Å². The first-order valence-electron chi connectivity index (χ1n) is 7.54. The summed E-state index contributed by atoms with van der Waals surface area (Å²) >= 11 is 0. The zero-order valence-corrected chi connectivity index (χ0v) is 13.9. The Labute approximate surface area is 145 Å². The molecular weight excluding hydrogens is 330 g/mol. The predicted octanol–water partition coefficient (Wildman–Crippen LogP) is -0.795. The van der Waals surface area contributed by atoms with Gasteiger partial charge in [-0.3, -0.25) is 0 Å². The first kappa shape index (κ1) is 20.2. The molecule has 1 atom stereocenters. The molecule has 8 N–H and O–H groups in total. The van der Waals surface area contributed by atoms with Gasteiger partial charge in [-0.1, -0.05) is 6.92 Å². The smallest absolute Gasteiger partial charge is 0.338 e. The summed E-state index contributed by atoms with van der Waals surface area (Å²) < 4.78 is 10.4. The van der Waals surface area contributed by atoms with Crippen LogP contribution in [0.1, 0.15) is 23.7 Å². The molecule has 0 spiro atoms. The second-order valence-electron chi connectivity index (χ2n) is 4.97. The number of nitrogens with zero attached hydrogens (tertiary/aromatic N) is 2. The Hall–Kier alpha value is -2.85. The molecule has 0 aliphatic carbocycles. The maximum absolute atomic E-state index is 12.0. The minimum absolute atomic E-state index is 0.158. The number of aliphatic hydroxyl groups is 2. The molecular formula is C15H23N5O5. The Morgan fingerprint density at radius 2 is 2.04 bits per heavy atom. The van der Waals surface area contributed by atoms with Gasteiger partial charge in [-0.2, -0.15) is 4.99 Å². The third-order valence-electron chi connectivity index (χ3n) is 2.75. The Morgan fingerprint density at radius 3 is 2.64 bits per heavy atom. The van der Waals surface area contributed by atoms with E-state index in [9.17, 15) is 9.90 Å². The largest absolute Gasteiger partial charge is 0.491 e. The van der Waals surface area contributed by atoms with Crippen LogP contribution in [0.15, 0.2) is 28.2 Å². The minimum Gasteiger partial charge on any atom is -0.491 e. The molecule has 25 heavy (non-hydrogen) atoms. The Balaban J connectivity index is 3.08. The van der Waals surface area contributed by atoms with Crippen molar-refractivity contribution in [2.24, 2.45) is 27.2 Å². The van der Waals surface area contributed by atoms with E-state index in [1.807, 2.05) is 6.92 Å². The lowest BCUT2D eigenvalue weighted by molar-refractivity contribution is 0.00933. The molecule has 0 amide bonds. The number of carbonyl (C=O) groups is 1. The average Bonchev–Trinajstić information content (AvgIpc) is 2.57. The quantitative estimate of drug-likeness (QED) is 0.229. The molecule has 0 saturated heterocycles. The van der Waals surface area contributed by atoms with Gasteiger partial charge in [-0.15, -0.1) is 0 Å². The van der Waals surface area contributed by atoms with E-state index < -0.39 is 18.7 Å². The summed E-state index contributed by atoms with van der Waals surface area (Å²) in [6, 6.07) is 4.42. The van der Waals surface area contributed by atoms with E-state index in [-0.39, 0.29) is 29.8 Å². The highest BCUT2D eigenvalue weighted by Gasteiger charge is 2.14. The van der Waals surface area contributed by atoms with Gasteiger partial charge < -0.3 is 36.9 Å². The van der Waals surface area contributed by atoms with Crippen LogP contribution in [0.25, 0.3) is 0 Å². The van der Waals surface area contributed by atoms with Crippen molar-refractivity contribution < 1.29 is 24.5 Å². The topological polar surface area (TPSA) is 179 Å². The van der Waals surface area contributed by atoms with Crippen LogP contribution in [0, 0.1) is 0 Å². The lowest BCUT2D eigenvalue weighted by Gasteiger charge is -2.11. The summed E-state index contributed by atoms with van der Waals surface area (Å²) in [4.78, 5) is 19.6. The number of aliphatic imine (C=N–C) groups is 2. The van der Waals surface area contributed by atoms with Crippen LogP contribution in [0.5, 0.6) is 5.75 Å². The van der Waals surface area contributed by atoms with E-state index in [1.165, 1.54) is 18.2 Å². The van der Waals surface area contributed by atoms with E-state index in [1.54, 1.807) is 0 Å². The Bertz CT molecular complexity index is 643. The monoisotopic (exact) mass is 353 g/mol. The summed E-state index contributed by atoms with van der Waals surface area (Å²) in [5.41, 5.74) is 16.5. The predicted molar refractivity (Wildman–Crippen MR) is 92.7 cm³/mol. The second kappa shape index (κ2) is 10.1. The number of aliphatic hydroxyl groups excluding tert-OH is 2. The highest BCUT2D eigenvalue weighted by atomic mass is 16.5. The maximum Gasteiger partial charge on any atom is 0.338 e. The molecule has 0 saturated carbocycles. The highest BCUT2D eigenvalue weighted by Crippen LogP contribution is 2.29. The van der Waals surface area contributed by atoms with E-state index in [2.05, 4.69) is 9.98 Å². The van der Waals surface area contributed by atoms with Gasteiger partial charge in [-0.25, -0.2) is 9.79 Å². The lowest BCUT2D eigenvalue weighted by atomic mass is 10.2. The highest BCUT2D eigenvalue weighted by molar-refractivity contribution is 5.95. The minimum atomic E-state index is -1.15. The molecule has 0 radical (unpaired) electrons. The van der Waals surface area contributed by atoms with E-state index in [4.69, 9.17) is 31.8 Å². The molecule has 10 nitrogen and oxygen atoms in total. The molecule has 10 heteroatoms. The zero-order valence-electron chi connectivity index (χ0n) is 13.9. The van der Waals surface area contributed by atoms with Gasteiger partial charge >= 0.3 is 5.97 Å². The molecule has 0 aliphatic rings. The number of guanidine groups is 2. The number of rotatable bonds is 8. The normalized spacial score (nSPS) is 12.4. The Morgan fingerprint density at radius 1 is 1.32 bits per heavy atom. The van der Waals surface area contributed by atoms with Crippen LogP contribution in [-0.4, -0.2) is 54.0 Å². The lowest BCUT2D eigenvalue weighted by Crippen LogP contribution is -2.26. The molecule has 1 aromatic carbocycles. The van der Waals surface area contributed by atoms with Gasteiger partial charge in [0.2, 0.25) is 5.96 Å². The number of carbonyl (C=O) groups excluding carboxylic acids is 1. The van der Waals surface area contributed by atoms with Gasteiger partial charge in [0, 0.05) is 0 Å². The Kier molecular flexibility index (Phi) is 8.16. The molecule has 0 heterocycles. The number of esters is 1. The fourth-order valence-electron chi connectivity index (χ4n) is 1.65. The maximum atomic E-state index is 12.0. The molecule has 0 bridgehead atoms. The summed E-state index contributed by atoms with van der Waals surface area (Å²) in [5.74, 6) is -0.776. The fraction of sp³-hybridized carbons (Fsp3) is 0.400. The summed E-state index contributed by atoms with van der Waals surface area (Å²) in [5, 5.41) is 18.0. The standard InChI is InChI=1S/C15H23N5O5/c1-2-5-24-12-4-3-9(13(23)25-8-10(22)7-21)6-11(12)19-15(18)20-14(16)17/h3-4,6,10,21-22H,2,5,7-8H2,1H3,(H6,16,17,18,19,20). The number of hydrogen-bond acceptors (Lipinski definition) is 6. The summed E-state index contributed by atoms with van der Waals surface area (Å²) in [6.45, 7) is 1.53. The average molecular weight is 353 g/mol. The number of benzene rings is 1. The van der Waals surface area contributed by atoms with E-state index >= 15 is 0 Å². The number of nitrogens with two attached hydrogens (primary N) is 3. The third kappa shape index (κ3) is 7.06. The first-order valence-corrected chi connectivity index (χ1v) is 7.54. The van der Waals surface area contributed by atoms with Gasteiger partial charge in [0.15, 0.2) is 5.96 Å². The molecule has 0 aromatic heterocycles. The molecule has 0 aliphatic heterocycles. The fourth-order valence-corrected chi connectivity index (χ4v) is 1.65. The SMILES string of the molecule is CCCOc1ccc(C(=O)OCC(O)CO)cc1N=C(N)N=C(N)N. The van der Waals surface area contributed by atoms with Crippen LogP contribution < -0.4 is 21.9 Å². The van der Waals surface area contributed by atoms with Gasteiger partial charge in [0.05, 0.1) is 18.8 Å². The second-order valence-corrected chi connectivity index (χ2v) is 4.97. The van der Waals surface area contributed by atoms with Crippen molar-refractivity contribution in [2.45, 2.75) is 19.4 Å². The molecule has 138 valence electrons. The van der Waals surface area contributed by atoms with Crippen LogP contribution >= 0.6 is 0 Å². The van der Waals surface area contributed by atoms with Crippen molar-refractivity contribution in [1.29, 1.82) is 0 Å². The van der Waals surface area contributed by atoms with Crippen molar-refractivity contribution in [3.63, 3.8) is 0 Å². The van der Waals surface area contributed by atoms with Crippen molar-refractivity contribution in [3.05, 3.63) is 23.8 Å². The van der Waals surface area contributed by atoms with E-state index in [0.717, 1.165) is 6.42 Å². The number of ether oxygens (including phenoxy) is 2. The van der Waals surface area contributed by atoms with Crippen LogP contribution in [0.2, 0.25) is 0 Å². The first-order chi connectivity index (χ1) is 11.9. The van der Waals surface area contributed by atoms with Crippen LogP contribution in [0.3, 0.4) is 0 Å². The molecule has 1 unspecified atom stereocenters. The van der Waals surface area contributed by atoms with Gasteiger partial charge in [-0.05, 0) is 24.6 Å². The number of hydrogen-bond donors (Lipinski definition) is 5. The van der Waals surface area contributed by atoms with Crippen molar-refractivity contribution in [3.8, 4) is 5.75 Å². The van der Waals surface area contributed by atoms with Crippen LogP contribution in [-0.2, 0) is 4.74 Å². The van der Waals surface area contributed by atoms with Crippen molar-refractivity contribution >= 4 is 23.6 Å². The zero-order chi connectivity index (χ0) is 18.8. The molecule has 1 aromatic rings. The van der Waals surface area contributed by atoms with Crippen molar-refractivity contribution in [2.75, 3.05) is 19.8 Å². The molecule has 1 rings (SSSR count). The van der Waals surface area contributed by atoms with E-state index in [0.29, 0.717) is 12.4 Å². The van der Waals surface area contributed by atoms with Gasteiger partial charge in [0.1, 0.15) is 24.1 Å². The van der Waals surface area contributed by atoms with Gasteiger partial charge in [0.25, 0.3) is 0 Å².